The third-order valence-corrected chi connectivity index (χ3v) is 5.81. The van der Waals surface area contributed by atoms with E-state index in [1.165, 1.54) is 11.3 Å². The van der Waals surface area contributed by atoms with E-state index in [4.69, 9.17) is 11.6 Å². The molecular formula is C11H12Br2ClNOS. The quantitative estimate of drug-likeness (QED) is 0.747. The summed E-state index contributed by atoms with van der Waals surface area (Å²) in [5, 5.41) is 3.08. The van der Waals surface area contributed by atoms with Gasteiger partial charge < -0.3 is 5.32 Å². The summed E-state index contributed by atoms with van der Waals surface area (Å²) in [4.78, 5) is 12.1. The van der Waals surface area contributed by atoms with E-state index in [0.29, 0.717) is 17.4 Å². The van der Waals surface area contributed by atoms with Crippen molar-refractivity contribution in [3.63, 3.8) is 0 Å². The van der Waals surface area contributed by atoms with Gasteiger partial charge in [-0.05, 0) is 56.7 Å². The van der Waals surface area contributed by atoms with Crippen molar-refractivity contribution in [2.45, 2.75) is 25.3 Å². The van der Waals surface area contributed by atoms with E-state index >= 15 is 0 Å². The molecule has 1 aromatic rings. The van der Waals surface area contributed by atoms with Crippen LogP contribution in [-0.4, -0.2) is 17.8 Å². The summed E-state index contributed by atoms with van der Waals surface area (Å²) < 4.78 is 1.82. The molecule has 0 radical (unpaired) electrons. The van der Waals surface area contributed by atoms with Gasteiger partial charge in [0.15, 0.2) is 0 Å². The number of hydrogen-bond acceptors (Lipinski definition) is 2. The summed E-state index contributed by atoms with van der Waals surface area (Å²) in [6.45, 7) is 0. The molecular weight excluding hydrogens is 389 g/mol. The van der Waals surface area contributed by atoms with Crippen LogP contribution in [-0.2, 0) is 0 Å². The minimum Gasteiger partial charge on any atom is -0.349 e. The second kappa shape index (κ2) is 6.04. The first-order chi connectivity index (χ1) is 8.11. The second-order valence-electron chi connectivity index (χ2n) is 4.16. The molecule has 1 saturated carbocycles. The van der Waals surface area contributed by atoms with Gasteiger partial charge in [0.2, 0.25) is 0 Å². The Hall–Kier alpha value is 0.420. The van der Waals surface area contributed by atoms with Crippen molar-refractivity contribution in [2.24, 2.45) is 5.92 Å². The zero-order valence-electron chi connectivity index (χ0n) is 9.01. The Morgan fingerprint density at radius 1 is 1.53 bits per heavy atom. The Kier molecular flexibility index (Phi) is 4.92. The van der Waals surface area contributed by atoms with Gasteiger partial charge in [0.25, 0.3) is 5.91 Å². The average Bonchev–Trinajstić information content (AvgIpc) is 2.84. The third-order valence-electron chi connectivity index (χ3n) is 3.08. The highest BCUT2D eigenvalue weighted by Gasteiger charge is 2.28. The smallest absolute Gasteiger partial charge is 0.253 e. The van der Waals surface area contributed by atoms with Crippen molar-refractivity contribution in [3.05, 3.63) is 19.2 Å². The van der Waals surface area contributed by atoms with Gasteiger partial charge in [0, 0.05) is 11.9 Å². The fourth-order valence-electron chi connectivity index (χ4n) is 2.15. The standard InChI is InChI=1S/C11H12Br2ClNOS/c12-9-4-7(10(13)17-9)11(16)15-8-3-1-2-6(8)5-14/h4,6,8H,1-3,5H2,(H,15,16). The first-order valence-corrected chi connectivity index (χ1v) is 8.37. The van der Waals surface area contributed by atoms with E-state index in [2.05, 4.69) is 37.2 Å². The lowest BCUT2D eigenvalue weighted by atomic mass is 10.1. The summed E-state index contributed by atoms with van der Waals surface area (Å²) in [6, 6.07) is 2.07. The van der Waals surface area contributed by atoms with E-state index in [0.717, 1.165) is 26.8 Å². The Labute approximate surface area is 126 Å². The number of amides is 1. The number of carbonyl (C=O) groups is 1. The fourth-order valence-corrected chi connectivity index (χ4v) is 5.32. The van der Waals surface area contributed by atoms with Gasteiger partial charge in [-0.1, -0.05) is 6.42 Å². The molecule has 1 fully saturated rings. The number of alkyl halides is 1. The number of thiophene rings is 1. The third kappa shape index (κ3) is 3.25. The van der Waals surface area contributed by atoms with Crippen molar-refractivity contribution < 1.29 is 4.79 Å². The average molecular weight is 402 g/mol. The molecule has 1 aliphatic carbocycles. The molecule has 1 aliphatic rings. The van der Waals surface area contributed by atoms with Gasteiger partial charge in [-0.3, -0.25) is 4.79 Å². The minimum atomic E-state index is -0.0131. The summed E-state index contributed by atoms with van der Waals surface area (Å²) >= 11 is 14.2. The highest BCUT2D eigenvalue weighted by atomic mass is 79.9. The van der Waals surface area contributed by atoms with Gasteiger partial charge in [0.1, 0.15) is 0 Å². The zero-order chi connectivity index (χ0) is 12.4. The number of carbonyl (C=O) groups excluding carboxylic acids is 1. The SMILES string of the molecule is O=C(NC1CCCC1CCl)c1cc(Br)sc1Br. The van der Waals surface area contributed by atoms with Crippen molar-refractivity contribution in [1.82, 2.24) is 5.32 Å². The van der Waals surface area contributed by atoms with E-state index < -0.39 is 0 Å². The molecule has 2 nitrogen and oxygen atoms in total. The maximum atomic E-state index is 12.1. The molecule has 0 saturated heterocycles. The van der Waals surface area contributed by atoms with Crippen molar-refractivity contribution in [3.8, 4) is 0 Å². The molecule has 17 heavy (non-hydrogen) atoms. The zero-order valence-corrected chi connectivity index (χ0v) is 13.8. The predicted molar refractivity (Wildman–Crippen MR) is 79.0 cm³/mol. The monoisotopic (exact) mass is 399 g/mol. The number of hydrogen-bond donors (Lipinski definition) is 1. The van der Waals surface area contributed by atoms with E-state index in [-0.39, 0.29) is 11.9 Å². The number of rotatable bonds is 3. The molecule has 6 heteroatoms. The molecule has 2 rings (SSSR count). The van der Waals surface area contributed by atoms with Gasteiger partial charge in [0.05, 0.1) is 13.1 Å². The highest BCUT2D eigenvalue weighted by Crippen LogP contribution is 2.32. The second-order valence-corrected chi connectivity index (χ2v) is 8.22. The first kappa shape index (κ1) is 13.8. The van der Waals surface area contributed by atoms with Crippen LogP contribution < -0.4 is 5.32 Å². The van der Waals surface area contributed by atoms with Crippen LogP contribution in [0.2, 0.25) is 0 Å². The summed E-state index contributed by atoms with van der Waals surface area (Å²) in [7, 11) is 0. The molecule has 0 aliphatic heterocycles. The van der Waals surface area contributed by atoms with Crippen LogP contribution in [0.15, 0.2) is 13.6 Å². The highest BCUT2D eigenvalue weighted by molar-refractivity contribution is 9.12. The normalized spacial score (nSPS) is 23.9. The lowest BCUT2D eigenvalue weighted by Crippen LogP contribution is -2.37. The van der Waals surface area contributed by atoms with E-state index in [1.807, 2.05) is 6.07 Å². The van der Waals surface area contributed by atoms with Crippen LogP contribution in [0.5, 0.6) is 0 Å². The van der Waals surface area contributed by atoms with Gasteiger partial charge in [-0.25, -0.2) is 0 Å². The summed E-state index contributed by atoms with van der Waals surface area (Å²) in [5.41, 5.74) is 0.696. The Bertz CT molecular complexity index is 424. The Balaban J connectivity index is 2.04. The Morgan fingerprint density at radius 2 is 2.29 bits per heavy atom. The molecule has 0 aromatic carbocycles. The molecule has 1 N–H and O–H groups in total. The van der Waals surface area contributed by atoms with E-state index in [9.17, 15) is 4.79 Å². The maximum Gasteiger partial charge on any atom is 0.253 e. The first-order valence-electron chi connectivity index (χ1n) is 5.43. The minimum absolute atomic E-state index is 0.0131. The topological polar surface area (TPSA) is 29.1 Å². The summed E-state index contributed by atoms with van der Waals surface area (Å²) in [6.07, 6.45) is 3.30. The lowest BCUT2D eigenvalue weighted by Gasteiger charge is -2.18. The largest absolute Gasteiger partial charge is 0.349 e. The van der Waals surface area contributed by atoms with Gasteiger partial charge >= 0.3 is 0 Å². The summed E-state index contributed by atoms with van der Waals surface area (Å²) in [5.74, 6) is 1.03. The molecule has 94 valence electrons. The van der Waals surface area contributed by atoms with Gasteiger partial charge in [-0.15, -0.1) is 22.9 Å². The van der Waals surface area contributed by atoms with Crippen LogP contribution in [0.4, 0.5) is 0 Å². The molecule has 1 amide bonds. The van der Waals surface area contributed by atoms with Crippen molar-refractivity contribution in [1.29, 1.82) is 0 Å². The van der Waals surface area contributed by atoms with Gasteiger partial charge in [-0.2, -0.15) is 0 Å². The van der Waals surface area contributed by atoms with E-state index in [1.54, 1.807) is 0 Å². The molecule has 1 aromatic heterocycles. The number of nitrogens with one attached hydrogen (secondary N) is 1. The van der Waals surface area contributed by atoms with Crippen molar-refractivity contribution >= 4 is 60.7 Å². The van der Waals surface area contributed by atoms with Crippen LogP contribution in [0.1, 0.15) is 29.6 Å². The molecule has 0 spiro atoms. The fraction of sp³-hybridized carbons (Fsp3) is 0.545. The molecule has 0 bridgehead atoms. The molecule has 1 heterocycles. The lowest BCUT2D eigenvalue weighted by molar-refractivity contribution is 0.0930. The Morgan fingerprint density at radius 3 is 2.88 bits per heavy atom. The maximum absolute atomic E-state index is 12.1. The number of halogens is 3. The van der Waals surface area contributed by atoms with Crippen LogP contribution in [0.3, 0.4) is 0 Å². The molecule has 2 unspecified atom stereocenters. The molecule has 2 atom stereocenters. The van der Waals surface area contributed by atoms with Crippen LogP contribution in [0.25, 0.3) is 0 Å². The van der Waals surface area contributed by atoms with Crippen LogP contribution >= 0.6 is 54.8 Å². The van der Waals surface area contributed by atoms with Crippen molar-refractivity contribution in [2.75, 3.05) is 5.88 Å². The van der Waals surface area contributed by atoms with Crippen LogP contribution in [0, 0.1) is 5.92 Å². The predicted octanol–water partition coefficient (Wildman–Crippen LogP) is 4.41.